The van der Waals surface area contributed by atoms with E-state index < -0.39 is 24.3 Å². The van der Waals surface area contributed by atoms with Crippen LogP contribution in [0.5, 0.6) is 0 Å². The van der Waals surface area contributed by atoms with E-state index in [0.717, 1.165) is 23.2 Å². The smallest absolute Gasteiger partial charge is 0.407 e. The van der Waals surface area contributed by atoms with Gasteiger partial charge in [0.15, 0.2) is 6.29 Å². The largest absolute Gasteiger partial charge is 0.443 e. The van der Waals surface area contributed by atoms with Gasteiger partial charge in [-0.15, -0.1) is 0 Å². The van der Waals surface area contributed by atoms with Crippen LogP contribution >= 0.6 is 0 Å². The number of carbonyl (C=O) groups is 2. The van der Waals surface area contributed by atoms with Crippen molar-refractivity contribution < 1.29 is 28.9 Å². The first-order chi connectivity index (χ1) is 18.4. The molecular weight excluding hydrogens is 486 g/mol. The number of fused-ring (bicyclic) bond motifs is 2. The number of rotatable bonds is 10. The molecule has 9 heteroatoms. The molecule has 38 heavy (non-hydrogen) atoms. The predicted molar refractivity (Wildman–Crippen MR) is 141 cm³/mol. The van der Waals surface area contributed by atoms with Crippen LogP contribution in [0.25, 0.3) is 0 Å². The molecule has 2 aromatic rings. The van der Waals surface area contributed by atoms with Gasteiger partial charge < -0.3 is 30.0 Å². The fraction of sp³-hybridized carbons (Fsp3) is 0.517. The molecule has 3 aliphatic rings. The molecule has 9 nitrogen and oxygen atoms in total. The molecule has 3 aliphatic heterocycles. The van der Waals surface area contributed by atoms with Crippen molar-refractivity contribution in [1.82, 2.24) is 10.2 Å². The molecule has 0 spiro atoms. The van der Waals surface area contributed by atoms with Crippen molar-refractivity contribution in [2.24, 2.45) is 11.8 Å². The zero-order valence-electron chi connectivity index (χ0n) is 21.9. The SMILES string of the molecule is CC(C)CN(C[C@@H](O)[C@H](Cc1ccccc1)NC(=O)O[C@H]1CO[C@H]2OCC[C@H]21)C1C(=O)Nc2ccccc21. The van der Waals surface area contributed by atoms with Crippen molar-refractivity contribution in [3.63, 3.8) is 0 Å². The van der Waals surface area contributed by atoms with Gasteiger partial charge in [-0.3, -0.25) is 9.69 Å². The lowest BCUT2D eigenvalue weighted by Gasteiger charge is -2.34. The number of para-hydroxylation sites is 1. The summed E-state index contributed by atoms with van der Waals surface area (Å²) in [5, 5.41) is 17.4. The molecule has 2 aromatic carbocycles. The van der Waals surface area contributed by atoms with Crippen LogP contribution in [0.1, 0.15) is 37.4 Å². The molecule has 0 aliphatic carbocycles. The van der Waals surface area contributed by atoms with E-state index in [1.165, 1.54) is 0 Å². The Kier molecular flexibility index (Phi) is 8.28. The van der Waals surface area contributed by atoms with Gasteiger partial charge in [-0.25, -0.2) is 4.79 Å². The minimum atomic E-state index is -0.954. The molecule has 2 fully saturated rings. The molecule has 3 heterocycles. The number of hydrogen-bond donors (Lipinski definition) is 3. The van der Waals surface area contributed by atoms with Crippen molar-refractivity contribution in [2.45, 2.75) is 57.3 Å². The zero-order chi connectivity index (χ0) is 26.6. The van der Waals surface area contributed by atoms with Crippen LogP contribution in [0.4, 0.5) is 10.5 Å². The molecule has 0 aromatic heterocycles. The number of alkyl carbamates (subject to hydrolysis) is 1. The number of aliphatic hydroxyl groups excluding tert-OH is 1. The lowest BCUT2D eigenvalue weighted by molar-refractivity contribution is -0.121. The number of nitrogens with zero attached hydrogens (tertiary/aromatic N) is 1. The maximum absolute atomic E-state index is 13.0. The number of nitrogens with one attached hydrogen (secondary N) is 2. The van der Waals surface area contributed by atoms with Gasteiger partial charge in [0.05, 0.1) is 31.3 Å². The Morgan fingerprint density at radius 1 is 1.13 bits per heavy atom. The first-order valence-electron chi connectivity index (χ1n) is 13.4. The summed E-state index contributed by atoms with van der Waals surface area (Å²) in [4.78, 5) is 28.0. The molecular formula is C29H37N3O6. The topological polar surface area (TPSA) is 109 Å². The van der Waals surface area contributed by atoms with Crippen molar-refractivity contribution in [1.29, 1.82) is 0 Å². The maximum atomic E-state index is 13.0. The van der Waals surface area contributed by atoms with Crippen molar-refractivity contribution in [2.75, 3.05) is 31.6 Å². The second-order valence-corrected chi connectivity index (χ2v) is 10.8. The third-order valence-electron chi connectivity index (χ3n) is 7.46. The molecule has 3 N–H and O–H groups in total. The van der Waals surface area contributed by atoms with E-state index in [-0.39, 0.29) is 36.7 Å². The number of aliphatic hydroxyl groups is 1. The van der Waals surface area contributed by atoms with E-state index >= 15 is 0 Å². The summed E-state index contributed by atoms with van der Waals surface area (Å²) < 4.78 is 16.9. The Morgan fingerprint density at radius 2 is 1.89 bits per heavy atom. The minimum Gasteiger partial charge on any atom is -0.443 e. The highest BCUT2D eigenvalue weighted by molar-refractivity contribution is 6.02. The number of ether oxygens (including phenoxy) is 3. The highest BCUT2D eigenvalue weighted by Gasteiger charge is 2.44. The second-order valence-electron chi connectivity index (χ2n) is 10.8. The fourth-order valence-electron chi connectivity index (χ4n) is 5.70. The molecule has 0 bridgehead atoms. The first-order valence-corrected chi connectivity index (χ1v) is 13.4. The second kappa shape index (κ2) is 11.8. The van der Waals surface area contributed by atoms with Gasteiger partial charge in [0.2, 0.25) is 5.91 Å². The third kappa shape index (κ3) is 6.02. The summed E-state index contributed by atoms with van der Waals surface area (Å²) in [5.74, 6) is 0.179. The van der Waals surface area contributed by atoms with Gasteiger partial charge in [-0.1, -0.05) is 62.4 Å². The summed E-state index contributed by atoms with van der Waals surface area (Å²) in [5.41, 5.74) is 2.66. The van der Waals surface area contributed by atoms with Gasteiger partial charge in [0.25, 0.3) is 0 Å². The highest BCUT2D eigenvalue weighted by Crippen LogP contribution is 2.36. The van der Waals surface area contributed by atoms with Crippen molar-refractivity contribution in [3.8, 4) is 0 Å². The molecule has 0 radical (unpaired) electrons. The molecule has 0 saturated carbocycles. The van der Waals surface area contributed by atoms with Gasteiger partial charge in [-0.2, -0.15) is 0 Å². The zero-order valence-corrected chi connectivity index (χ0v) is 21.9. The van der Waals surface area contributed by atoms with Gasteiger partial charge in [0, 0.05) is 24.3 Å². The lowest BCUT2D eigenvalue weighted by atomic mass is 9.98. The fourth-order valence-corrected chi connectivity index (χ4v) is 5.70. The van der Waals surface area contributed by atoms with Crippen LogP contribution < -0.4 is 10.6 Å². The molecule has 5 rings (SSSR count). The Bertz CT molecular complexity index is 1110. The lowest BCUT2D eigenvalue weighted by Crippen LogP contribution is -2.51. The average molecular weight is 524 g/mol. The van der Waals surface area contributed by atoms with Crippen LogP contribution in [0.2, 0.25) is 0 Å². The summed E-state index contributed by atoms with van der Waals surface area (Å²) in [6.45, 7) is 5.86. The summed E-state index contributed by atoms with van der Waals surface area (Å²) >= 11 is 0. The minimum absolute atomic E-state index is 0.0285. The Balaban J connectivity index is 1.32. The number of anilines is 1. The predicted octanol–water partition coefficient (Wildman–Crippen LogP) is 3.10. The number of hydrogen-bond acceptors (Lipinski definition) is 7. The summed E-state index contributed by atoms with van der Waals surface area (Å²) in [6.07, 6.45) is -1.05. The van der Waals surface area contributed by atoms with Crippen LogP contribution in [-0.4, -0.2) is 72.8 Å². The van der Waals surface area contributed by atoms with E-state index in [9.17, 15) is 14.7 Å². The van der Waals surface area contributed by atoms with E-state index in [2.05, 4.69) is 24.5 Å². The van der Waals surface area contributed by atoms with Gasteiger partial charge in [0.1, 0.15) is 12.1 Å². The van der Waals surface area contributed by atoms with E-state index in [1.54, 1.807) is 0 Å². The van der Waals surface area contributed by atoms with Crippen molar-refractivity contribution in [3.05, 3.63) is 65.7 Å². The highest BCUT2D eigenvalue weighted by atomic mass is 16.7. The number of carbonyl (C=O) groups excluding carboxylic acids is 2. The molecule has 204 valence electrons. The summed E-state index contributed by atoms with van der Waals surface area (Å²) in [7, 11) is 0. The first kappa shape index (κ1) is 26.6. The van der Waals surface area contributed by atoms with Gasteiger partial charge in [-0.05, 0) is 30.4 Å². The van der Waals surface area contributed by atoms with E-state index in [0.29, 0.717) is 26.2 Å². The quantitative estimate of drug-likeness (QED) is 0.439. The van der Waals surface area contributed by atoms with E-state index in [4.69, 9.17) is 14.2 Å². The van der Waals surface area contributed by atoms with Crippen LogP contribution in [0.15, 0.2) is 54.6 Å². The Hall–Kier alpha value is -2.98. The monoisotopic (exact) mass is 523 g/mol. The molecule has 2 amide bonds. The average Bonchev–Trinajstić information content (AvgIpc) is 3.58. The Morgan fingerprint density at radius 3 is 2.68 bits per heavy atom. The molecule has 1 unspecified atom stereocenters. The standard InChI is InChI=1S/C29H37N3O6/c1-18(2)15-32(26-20-10-6-7-11-22(20)30-27(26)34)16-24(33)23(14-19-8-4-3-5-9-19)31-29(35)38-25-17-37-28-21(25)12-13-36-28/h3-11,18,21,23-26,28,33H,12-17H2,1-2H3,(H,30,34)(H,31,35)/t21-,23-,24+,25-,26?,28+/m0/s1. The van der Waals surface area contributed by atoms with E-state index in [1.807, 2.05) is 59.5 Å². The van der Waals surface area contributed by atoms with Crippen LogP contribution in [-0.2, 0) is 25.4 Å². The van der Waals surface area contributed by atoms with Crippen LogP contribution in [0.3, 0.4) is 0 Å². The summed E-state index contributed by atoms with van der Waals surface area (Å²) in [6, 6.07) is 16.2. The Labute approximate surface area is 223 Å². The molecule has 6 atom stereocenters. The number of benzene rings is 2. The molecule has 2 saturated heterocycles. The third-order valence-corrected chi connectivity index (χ3v) is 7.46. The normalized spacial score (nSPS) is 25.7. The van der Waals surface area contributed by atoms with Gasteiger partial charge >= 0.3 is 6.09 Å². The van der Waals surface area contributed by atoms with Crippen molar-refractivity contribution >= 4 is 17.7 Å². The number of amides is 2. The van der Waals surface area contributed by atoms with Crippen LogP contribution in [0, 0.1) is 11.8 Å². The maximum Gasteiger partial charge on any atom is 0.407 e.